The number of likely N-dealkylation sites (tertiary alicyclic amines) is 1. The van der Waals surface area contributed by atoms with Crippen LogP contribution in [0.5, 0.6) is 0 Å². The van der Waals surface area contributed by atoms with Gasteiger partial charge in [-0.1, -0.05) is 13.0 Å². The molecule has 2 saturated heterocycles. The Morgan fingerprint density at radius 1 is 1.07 bits per heavy atom. The summed E-state index contributed by atoms with van der Waals surface area (Å²) in [7, 11) is 0. The van der Waals surface area contributed by atoms with Crippen LogP contribution in [-0.4, -0.2) is 44.4 Å². The van der Waals surface area contributed by atoms with Crippen molar-refractivity contribution in [2.75, 3.05) is 6.54 Å². The Balaban J connectivity index is 1.33. The van der Waals surface area contributed by atoms with Crippen LogP contribution in [0.25, 0.3) is 11.1 Å². The number of amides is 1. The molecule has 7 heteroatoms. The zero-order valence-electron chi connectivity index (χ0n) is 16.8. The largest absolute Gasteiger partial charge is 0.333 e. The highest BCUT2D eigenvalue weighted by Gasteiger charge is 2.46. The fourth-order valence-corrected chi connectivity index (χ4v) is 5.26. The van der Waals surface area contributed by atoms with Crippen LogP contribution in [0, 0.1) is 11.8 Å². The Hall–Kier alpha value is -2.38. The first-order valence-corrected chi connectivity index (χ1v) is 10.7. The van der Waals surface area contributed by atoms with Crippen molar-refractivity contribution in [1.29, 1.82) is 0 Å². The van der Waals surface area contributed by atoms with Gasteiger partial charge in [0.25, 0.3) is 0 Å². The van der Waals surface area contributed by atoms with Gasteiger partial charge in [-0.25, -0.2) is 15.4 Å². The van der Waals surface area contributed by atoms with Gasteiger partial charge in [-0.15, -0.1) is 0 Å². The maximum absolute atomic E-state index is 13.5. The second kappa shape index (κ2) is 7.80. The monoisotopic (exact) mass is 392 g/mol. The Morgan fingerprint density at radius 3 is 2.72 bits per heavy atom. The molecule has 5 rings (SSSR count). The van der Waals surface area contributed by atoms with Crippen LogP contribution in [0.1, 0.15) is 50.8 Å². The van der Waals surface area contributed by atoms with Crippen LogP contribution in [0.3, 0.4) is 0 Å². The van der Waals surface area contributed by atoms with E-state index in [9.17, 15) is 4.79 Å². The maximum atomic E-state index is 13.5. The second-order valence-corrected chi connectivity index (χ2v) is 8.74. The number of nitrogens with zero attached hydrogens (tertiary/aromatic N) is 4. The zero-order valence-corrected chi connectivity index (χ0v) is 16.8. The third kappa shape index (κ3) is 3.53. The molecule has 7 nitrogen and oxygen atoms in total. The number of hydrogen-bond donors (Lipinski definition) is 2. The number of pyridine rings is 1. The Kier molecular flexibility index (Phi) is 5.01. The summed E-state index contributed by atoms with van der Waals surface area (Å²) in [6, 6.07) is 4.46. The van der Waals surface area contributed by atoms with Crippen molar-refractivity contribution < 1.29 is 4.79 Å². The van der Waals surface area contributed by atoms with Gasteiger partial charge < -0.3 is 4.90 Å². The number of carbonyl (C=O) groups is 1. The number of fused-ring (bicyclic) bond motifs is 1. The molecule has 2 N–H and O–H groups in total. The van der Waals surface area contributed by atoms with Crippen molar-refractivity contribution in [3.8, 4) is 11.1 Å². The fourth-order valence-electron chi connectivity index (χ4n) is 5.26. The standard InChI is InChI=1S/C22H28N6O/c1-14-4-6-18-17(9-14)21(27-26-18)22(29)28-8-2-3-20(28)19-7-5-15(12-25-19)16-10-23-13-24-11-16/h5,7,10-14,17-18,20-21,26-27H,2-4,6,8-9H2,1H3. The molecule has 2 aromatic heterocycles. The lowest BCUT2D eigenvalue weighted by atomic mass is 9.76. The van der Waals surface area contributed by atoms with E-state index in [4.69, 9.17) is 4.98 Å². The number of nitrogens with one attached hydrogen (secondary N) is 2. The molecule has 5 unspecified atom stereocenters. The molecule has 152 valence electrons. The van der Waals surface area contributed by atoms with Crippen molar-refractivity contribution >= 4 is 5.91 Å². The van der Waals surface area contributed by atoms with E-state index < -0.39 is 0 Å². The average Bonchev–Trinajstić information content (AvgIpc) is 3.41. The molecule has 3 aliphatic rings. The van der Waals surface area contributed by atoms with E-state index in [1.165, 1.54) is 12.7 Å². The van der Waals surface area contributed by atoms with Gasteiger partial charge in [-0.3, -0.25) is 15.2 Å². The molecule has 2 aromatic rings. The molecule has 0 aromatic carbocycles. The van der Waals surface area contributed by atoms with Crippen LogP contribution in [0.15, 0.2) is 37.1 Å². The van der Waals surface area contributed by atoms with Gasteiger partial charge in [-0.2, -0.15) is 0 Å². The van der Waals surface area contributed by atoms with Crippen molar-refractivity contribution in [2.24, 2.45) is 11.8 Å². The second-order valence-electron chi connectivity index (χ2n) is 8.74. The summed E-state index contributed by atoms with van der Waals surface area (Å²) in [5.41, 5.74) is 9.62. The van der Waals surface area contributed by atoms with Crippen LogP contribution < -0.4 is 10.9 Å². The van der Waals surface area contributed by atoms with Gasteiger partial charge in [0.2, 0.25) is 5.91 Å². The highest BCUT2D eigenvalue weighted by molar-refractivity contribution is 5.83. The third-order valence-electron chi connectivity index (χ3n) is 6.84. The highest BCUT2D eigenvalue weighted by Crippen LogP contribution is 2.37. The normalized spacial score (nSPS) is 31.6. The number of hydrazine groups is 1. The molecule has 5 atom stereocenters. The first-order valence-electron chi connectivity index (χ1n) is 10.7. The first-order chi connectivity index (χ1) is 14.2. The average molecular weight is 393 g/mol. The predicted octanol–water partition coefficient (Wildman–Crippen LogP) is 2.48. The van der Waals surface area contributed by atoms with Gasteiger partial charge in [0.1, 0.15) is 12.4 Å². The van der Waals surface area contributed by atoms with Crippen molar-refractivity contribution in [3.63, 3.8) is 0 Å². The van der Waals surface area contributed by atoms with E-state index in [1.54, 1.807) is 12.4 Å². The van der Waals surface area contributed by atoms with Crippen LogP contribution in [0.2, 0.25) is 0 Å². The molecule has 0 bridgehead atoms. The summed E-state index contributed by atoms with van der Waals surface area (Å²) in [4.78, 5) is 28.4. The summed E-state index contributed by atoms with van der Waals surface area (Å²) >= 11 is 0. The minimum atomic E-state index is -0.121. The molecule has 0 spiro atoms. The molecular formula is C22H28N6O. The molecule has 0 radical (unpaired) electrons. The van der Waals surface area contributed by atoms with Gasteiger partial charge in [0.05, 0.1) is 11.7 Å². The smallest absolute Gasteiger partial charge is 0.241 e. The quantitative estimate of drug-likeness (QED) is 0.835. The molecule has 29 heavy (non-hydrogen) atoms. The lowest BCUT2D eigenvalue weighted by Crippen LogP contribution is -2.48. The number of aromatic nitrogens is 3. The Morgan fingerprint density at radius 2 is 1.93 bits per heavy atom. The first kappa shape index (κ1) is 18.6. The molecule has 1 aliphatic carbocycles. The Bertz CT molecular complexity index is 857. The van der Waals surface area contributed by atoms with Crippen LogP contribution in [0.4, 0.5) is 0 Å². The summed E-state index contributed by atoms with van der Waals surface area (Å²) in [6.45, 7) is 3.11. The van der Waals surface area contributed by atoms with Gasteiger partial charge >= 0.3 is 0 Å². The number of carbonyl (C=O) groups excluding carboxylic acids is 1. The van der Waals surface area contributed by atoms with E-state index in [2.05, 4.69) is 38.7 Å². The van der Waals surface area contributed by atoms with Gasteiger partial charge in [0, 0.05) is 48.2 Å². The molecule has 3 fully saturated rings. The number of rotatable bonds is 3. The van der Waals surface area contributed by atoms with Crippen molar-refractivity contribution in [1.82, 2.24) is 30.7 Å². The van der Waals surface area contributed by atoms with Gasteiger partial charge in [-0.05, 0) is 44.1 Å². The van der Waals surface area contributed by atoms with E-state index in [1.807, 2.05) is 12.3 Å². The zero-order chi connectivity index (χ0) is 19.8. The van der Waals surface area contributed by atoms with E-state index >= 15 is 0 Å². The van der Waals surface area contributed by atoms with Crippen molar-refractivity contribution in [2.45, 2.75) is 57.2 Å². The van der Waals surface area contributed by atoms with E-state index in [0.29, 0.717) is 17.9 Å². The minimum absolute atomic E-state index is 0.0606. The van der Waals surface area contributed by atoms with E-state index in [-0.39, 0.29) is 18.0 Å². The fraction of sp³-hybridized carbons (Fsp3) is 0.545. The lowest BCUT2D eigenvalue weighted by molar-refractivity contribution is -0.135. The van der Waals surface area contributed by atoms with Crippen LogP contribution in [-0.2, 0) is 4.79 Å². The SMILES string of the molecule is CC1CCC2NNC(C(=O)N3CCCC3c3ccc(-c4cncnc4)cn3)C2C1. The highest BCUT2D eigenvalue weighted by atomic mass is 16.2. The molecule has 1 amide bonds. The summed E-state index contributed by atoms with van der Waals surface area (Å²) in [6.07, 6.45) is 12.5. The summed E-state index contributed by atoms with van der Waals surface area (Å²) in [5.74, 6) is 1.31. The summed E-state index contributed by atoms with van der Waals surface area (Å²) < 4.78 is 0. The summed E-state index contributed by atoms with van der Waals surface area (Å²) in [5, 5.41) is 0. The molecule has 1 saturated carbocycles. The predicted molar refractivity (Wildman–Crippen MR) is 109 cm³/mol. The van der Waals surface area contributed by atoms with Crippen molar-refractivity contribution in [3.05, 3.63) is 42.7 Å². The van der Waals surface area contributed by atoms with E-state index in [0.717, 1.165) is 49.0 Å². The minimum Gasteiger partial charge on any atom is -0.333 e. The van der Waals surface area contributed by atoms with Crippen LogP contribution >= 0.6 is 0 Å². The maximum Gasteiger partial charge on any atom is 0.241 e. The van der Waals surface area contributed by atoms with Gasteiger partial charge in [0.15, 0.2) is 0 Å². The number of hydrogen-bond acceptors (Lipinski definition) is 6. The third-order valence-corrected chi connectivity index (χ3v) is 6.84. The molecule has 4 heterocycles. The topological polar surface area (TPSA) is 83.0 Å². The molecule has 2 aliphatic heterocycles. The molecular weight excluding hydrogens is 364 g/mol. The Labute approximate surface area is 171 Å². The lowest BCUT2D eigenvalue weighted by Gasteiger charge is -2.33.